The monoisotopic (exact) mass is 1370 g/mol. The third kappa shape index (κ3) is 14.6. The van der Waals surface area contributed by atoms with Gasteiger partial charge in [-0.15, -0.1) is 68.0 Å². The third-order valence-corrected chi connectivity index (χ3v) is 27.1. The van der Waals surface area contributed by atoms with Gasteiger partial charge in [0.15, 0.2) is 11.6 Å². The van der Waals surface area contributed by atoms with Crippen LogP contribution in [0, 0.1) is 59.5 Å². The van der Waals surface area contributed by atoms with Gasteiger partial charge in [0.25, 0.3) is 11.4 Å². The zero-order chi connectivity index (χ0) is 67.6. The fraction of sp³-hybridized carbons (Fsp3) is 0.381. The number of thiophene rings is 6. The SMILES string of the molecule is [C-]#[N+]/C(C#N)=C1\C(=C\c2cc(CC(CC)CCCC)c(-c3cc4c(-c5ccc(CC(CC)CCCC)s5)c5sc(-c6sc(/C=C7\C(=O)c8ccccc8\C7=C(\C#N)[N+]#[C-])cc6CC(CC)CCCC)cc5c(-c5ccc(CC(CC)CCCC)s5)c4s3)s2)C(=O)c2ccccc21. The molecule has 4 unspecified atom stereocenters. The number of hydrogen-bond donors (Lipinski definition) is 0. The molecule has 0 bridgehead atoms. The van der Waals surface area contributed by atoms with Crippen LogP contribution in [0.1, 0.15) is 221 Å². The number of nitrogens with zero attached hydrogens (tertiary/aromatic N) is 4. The third-order valence-electron chi connectivity index (χ3n) is 19.9. The van der Waals surface area contributed by atoms with E-state index in [-0.39, 0.29) is 23.0 Å². The average Bonchev–Trinajstić information content (AvgIpc) is 1.52. The molecule has 6 heterocycles. The number of fused-ring (bicyclic) bond motifs is 4. The van der Waals surface area contributed by atoms with Crippen LogP contribution in [-0.4, -0.2) is 11.6 Å². The van der Waals surface area contributed by atoms with E-state index in [4.69, 9.17) is 13.1 Å². The number of nitriles is 2. The molecule has 6 nitrogen and oxygen atoms in total. The van der Waals surface area contributed by atoms with E-state index in [0.717, 1.165) is 99.6 Å². The maximum Gasteiger partial charge on any atom is 0.270 e. The van der Waals surface area contributed by atoms with Gasteiger partial charge in [0, 0.05) is 113 Å². The maximum atomic E-state index is 14.5. The predicted molar refractivity (Wildman–Crippen MR) is 414 cm³/mol. The molecule has 9 aromatic rings. The van der Waals surface area contributed by atoms with Crippen molar-refractivity contribution in [1.29, 1.82) is 10.5 Å². The summed E-state index contributed by atoms with van der Waals surface area (Å²) in [6, 6.07) is 38.3. The maximum absolute atomic E-state index is 14.5. The lowest BCUT2D eigenvalue weighted by atomic mass is 9.91. The van der Waals surface area contributed by atoms with Crippen molar-refractivity contribution in [2.45, 2.75) is 184 Å². The van der Waals surface area contributed by atoms with Crippen molar-refractivity contribution in [2.75, 3.05) is 0 Å². The first-order valence-electron chi connectivity index (χ1n) is 35.1. The minimum atomic E-state index is -0.160. The molecule has 0 aliphatic heterocycles. The summed E-state index contributed by atoms with van der Waals surface area (Å²) in [4.78, 5) is 48.5. The molecule has 2 aliphatic rings. The van der Waals surface area contributed by atoms with Crippen molar-refractivity contribution in [3.63, 3.8) is 0 Å². The Balaban J connectivity index is 1.18. The molecular weight excluding hydrogens is 1290 g/mol. The van der Waals surface area contributed by atoms with Gasteiger partial charge in [0.2, 0.25) is 0 Å². The Morgan fingerprint density at radius 1 is 0.448 bits per heavy atom. The van der Waals surface area contributed by atoms with Gasteiger partial charge in [-0.1, -0.05) is 207 Å². The van der Waals surface area contributed by atoms with Crippen LogP contribution >= 0.6 is 68.0 Å². The van der Waals surface area contributed by atoms with Crippen molar-refractivity contribution in [2.24, 2.45) is 23.7 Å². The Labute approximate surface area is 593 Å². The number of rotatable bonds is 30. The molecule has 12 heteroatoms. The van der Waals surface area contributed by atoms with Crippen molar-refractivity contribution >= 4 is 123 Å². The fourth-order valence-electron chi connectivity index (χ4n) is 14.4. The predicted octanol–water partition coefficient (Wildman–Crippen LogP) is 26.9. The lowest BCUT2D eigenvalue weighted by molar-refractivity contribution is 0.103. The smallest absolute Gasteiger partial charge is 0.270 e. The van der Waals surface area contributed by atoms with Gasteiger partial charge in [-0.25, -0.2) is 20.2 Å². The molecular formula is C84H86N4O2S6. The van der Waals surface area contributed by atoms with Crippen LogP contribution in [0.4, 0.5) is 0 Å². The normalized spacial score (nSPS) is 16.0. The van der Waals surface area contributed by atoms with Crippen molar-refractivity contribution < 1.29 is 9.59 Å². The van der Waals surface area contributed by atoms with Crippen LogP contribution in [-0.2, 0) is 25.7 Å². The summed E-state index contributed by atoms with van der Waals surface area (Å²) in [5, 5.41) is 23.2. The van der Waals surface area contributed by atoms with Crippen molar-refractivity contribution in [1.82, 2.24) is 0 Å². The van der Waals surface area contributed by atoms with E-state index in [9.17, 15) is 20.1 Å². The molecule has 2 aliphatic carbocycles. The number of allylic oxidation sites excluding steroid dienone is 6. The second kappa shape index (κ2) is 32.3. The highest BCUT2D eigenvalue weighted by atomic mass is 32.1. The molecule has 0 spiro atoms. The van der Waals surface area contributed by atoms with Crippen LogP contribution in [0.15, 0.2) is 120 Å². The molecule has 0 radical (unpaired) electrons. The summed E-state index contributed by atoms with van der Waals surface area (Å²) in [5.41, 5.74) is 8.89. The van der Waals surface area contributed by atoms with Crippen molar-refractivity contribution in [3.8, 4) is 52.5 Å². The van der Waals surface area contributed by atoms with E-state index >= 15 is 0 Å². The van der Waals surface area contributed by atoms with Crippen LogP contribution in [0.5, 0.6) is 0 Å². The van der Waals surface area contributed by atoms with Gasteiger partial charge in [-0.2, -0.15) is 0 Å². The van der Waals surface area contributed by atoms with Crippen LogP contribution in [0.25, 0.3) is 93.6 Å². The zero-order valence-corrected chi connectivity index (χ0v) is 61.8. The standard InChI is InChI=1S/C84H86N4O2S6/c1-11-19-27-51(15-5)39-55-43-59(45-65-75(69(49-85)87-9)61-31-23-25-33-63(61)79(65)89)93-81(55)73-47-67-77(71-37-35-57(91-71)41-53(17-7)29-21-13-3)84-68(78(83(67)95-73)72-38-36-58(92-72)42-54(18-8)30-22-14-4)48-74(96-84)82-56(40-52(16-6)28-20-12-2)44-60(94-82)46-66-76(70(50-86)88-10)62-32-24-26-34-64(62)80(66)90/h23-26,31-38,43-48,51-54H,11-22,27-30,39-42H2,1-8H3/b65-45-,66-46-,75-69-,76-70+. The first kappa shape index (κ1) is 70.0. The molecule has 0 fully saturated rings. The number of benzene rings is 3. The van der Waals surface area contributed by atoms with E-state index in [1.165, 1.54) is 120 Å². The molecule has 490 valence electrons. The van der Waals surface area contributed by atoms with Gasteiger partial charge in [0.05, 0.1) is 25.3 Å². The summed E-state index contributed by atoms with van der Waals surface area (Å²) in [6.45, 7) is 34.6. The number of unbranched alkanes of at least 4 members (excludes halogenated alkanes) is 4. The molecule has 0 N–H and O–H groups in total. The Morgan fingerprint density at radius 2 is 0.802 bits per heavy atom. The van der Waals surface area contributed by atoms with E-state index < -0.39 is 0 Å². The fourth-order valence-corrected chi connectivity index (χ4v) is 21.9. The molecule has 11 rings (SSSR count). The lowest BCUT2D eigenvalue weighted by Crippen LogP contribution is -2.03. The molecule has 0 amide bonds. The first-order chi connectivity index (χ1) is 46.9. The van der Waals surface area contributed by atoms with E-state index in [1.54, 1.807) is 22.7 Å². The van der Waals surface area contributed by atoms with Gasteiger partial charge >= 0.3 is 0 Å². The molecule has 0 saturated heterocycles. The van der Waals surface area contributed by atoms with Crippen LogP contribution in [0.2, 0.25) is 0 Å². The second-order valence-electron chi connectivity index (χ2n) is 26.2. The molecule has 3 aromatic carbocycles. The molecule has 6 aromatic heterocycles. The van der Waals surface area contributed by atoms with E-state index in [1.807, 2.05) is 106 Å². The van der Waals surface area contributed by atoms with Crippen LogP contribution in [0.3, 0.4) is 0 Å². The highest BCUT2D eigenvalue weighted by Crippen LogP contribution is 2.57. The molecule has 0 saturated carbocycles. The number of Topliss-reactive ketones (excluding diaryl/α,β-unsaturated/α-hetero) is 2. The summed E-state index contributed by atoms with van der Waals surface area (Å²) < 4.78 is 2.53. The lowest BCUT2D eigenvalue weighted by Gasteiger charge is -2.14. The molecule has 96 heavy (non-hydrogen) atoms. The van der Waals surface area contributed by atoms with Gasteiger partial charge in [0.1, 0.15) is 0 Å². The van der Waals surface area contributed by atoms with Gasteiger partial charge in [-0.3, -0.25) is 9.59 Å². The van der Waals surface area contributed by atoms with E-state index in [2.05, 4.69) is 126 Å². The highest BCUT2D eigenvalue weighted by molar-refractivity contribution is 7.29. The Hall–Kier alpha value is -7.36. The average molecular weight is 1380 g/mol. The Kier molecular flexibility index (Phi) is 23.6. The first-order valence-corrected chi connectivity index (χ1v) is 40.0. The largest absolute Gasteiger partial charge is 0.289 e. The summed E-state index contributed by atoms with van der Waals surface area (Å²) >= 11 is 11.2. The highest BCUT2D eigenvalue weighted by Gasteiger charge is 2.35. The number of carbonyl (C=O) groups is 2. The summed E-state index contributed by atoms with van der Waals surface area (Å²) in [6.07, 6.45) is 26.3. The summed E-state index contributed by atoms with van der Waals surface area (Å²) in [7, 11) is 0. The summed E-state index contributed by atoms with van der Waals surface area (Å²) in [5.74, 6) is 1.83. The van der Waals surface area contributed by atoms with E-state index in [0.29, 0.717) is 68.2 Å². The van der Waals surface area contributed by atoms with Gasteiger partial charge < -0.3 is 0 Å². The Bertz CT molecular complexity index is 4300. The quantitative estimate of drug-likeness (QED) is 0.0255. The second-order valence-corrected chi connectivity index (χ2v) is 32.8. The molecule has 4 atom stereocenters. The van der Waals surface area contributed by atoms with Crippen LogP contribution < -0.4 is 0 Å². The van der Waals surface area contributed by atoms with Crippen molar-refractivity contribution in [3.05, 3.63) is 195 Å². The zero-order valence-electron chi connectivity index (χ0n) is 56.9. The van der Waals surface area contributed by atoms with Gasteiger partial charge in [-0.05, 0) is 132 Å². The minimum Gasteiger partial charge on any atom is -0.289 e. The topological polar surface area (TPSA) is 90.4 Å². The Morgan fingerprint density at radius 3 is 1.14 bits per heavy atom. The minimum absolute atomic E-state index is 0.0724. The number of carbonyl (C=O) groups excluding carboxylic acids is 2. The number of hydrogen-bond acceptors (Lipinski definition) is 10. The number of ketones is 2.